The van der Waals surface area contributed by atoms with Gasteiger partial charge in [0.2, 0.25) is 0 Å². The zero-order valence-electron chi connectivity index (χ0n) is 12.0. The van der Waals surface area contributed by atoms with Gasteiger partial charge >= 0.3 is 6.18 Å². The summed E-state index contributed by atoms with van der Waals surface area (Å²) in [5, 5.41) is 3.50. The number of aromatic nitrogens is 5. The lowest BCUT2D eigenvalue weighted by atomic mass is 10.1. The number of aryl methyl sites for hydroxylation is 2. The summed E-state index contributed by atoms with van der Waals surface area (Å²) in [7, 11) is 3.08. The van der Waals surface area contributed by atoms with Crippen LogP contribution in [0.1, 0.15) is 5.56 Å². The molecule has 0 saturated heterocycles. The van der Waals surface area contributed by atoms with E-state index in [9.17, 15) is 18.0 Å². The Morgan fingerprint density at radius 3 is 2.52 bits per heavy atom. The Morgan fingerprint density at radius 1 is 1.26 bits per heavy atom. The number of halogens is 3. The van der Waals surface area contributed by atoms with Gasteiger partial charge in [-0.15, -0.1) is 0 Å². The quantitative estimate of drug-likeness (QED) is 0.690. The van der Waals surface area contributed by atoms with Crippen molar-refractivity contribution in [3.05, 3.63) is 39.0 Å². The van der Waals surface area contributed by atoms with Gasteiger partial charge in [-0.1, -0.05) is 0 Å². The van der Waals surface area contributed by atoms with E-state index in [4.69, 9.17) is 12.2 Å². The largest absolute Gasteiger partial charge is 0.417 e. The second-order valence-corrected chi connectivity index (χ2v) is 5.33. The third kappa shape index (κ3) is 2.54. The fraction of sp³-hybridized carbons (Fsp3) is 0.231. The van der Waals surface area contributed by atoms with Gasteiger partial charge in [-0.25, -0.2) is 4.98 Å². The zero-order chi connectivity index (χ0) is 16.9. The molecule has 1 N–H and O–H groups in total. The number of hydrogen-bond donors (Lipinski definition) is 1. The van der Waals surface area contributed by atoms with Crippen LogP contribution in [-0.2, 0) is 20.3 Å². The molecule has 0 aliphatic rings. The number of nitrogens with one attached hydrogen (secondary N) is 1. The van der Waals surface area contributed by atoms with Crippen molar-refractivity contribution in [3.8, 4) is 11.4 Å². The minimum atomic E-state index is -4.71. The van der Waals surface area contributed by atoms with E-state index in [2.05, 4.69) is 15.1 Å². The monoisotopic (exact) mass is 341 g/mol. The summed E-state index contributed by atoms with van der Waals surface area (Å²) >= 11 is 4.94. The van der Waals surface area contributed by atoms with E-state index >= 15 is 0 Å². The zero-order valence-corrected chi connectivity index (χ0v) is 12.8. The summed E-state index contributed by atoms with van der Waals surface area (Å²) in [5.41, 5.74) is -1.85. The highest BCUT2D eigenvalue weighted by Crippen LogP contribution is 2.35. The van der Waals surface area contributed by atoms with Crippen LogP contribution in [0.3, 0.4) is 0 Å². The third-order valence-electron chi connectivity index (χ3n) is 3.35. The highest BCUT2D eigenvalue weighted by Gasteiger charge is 2.35. The number of rotatable bonds is 1. The average molecular weight is 341 g/mol. The summed E-state index contributed by atoms with van der Waals surface area (Å²) in [6.45, 7) is 0. The van der Waals surface area contributed by atoms with Crippen LogP contribution in [0.2, 0.25) is 0 Å². The van der Waals surface area contributed by atoms with E-state index in [1.807, 2.05) is 0 Å². The van der Waals surface area contributed by atoms with E-state index in [1.54, 1.807) is 13.2 Å². The van der Waals surface area contributed by atoms with Gasteiger partial charge in [0.25, 0.3) is 5.56 Å². The maximum absolute atomic E-state index is 13.4. The molecule has 6 nitrogen and oxygen atoms in total. The first kappa shape index (κ1) is 15.4. The molecule has 0 amide bonds. The molecule has 0 spiro atoms. The molecule has 0 atom stereocenters. The molecule has 23 heavy (non-hydrogen) atoms. The topological polar surface area (TPSA) is 68.5 Å². The van der Waals surface area contributed by atoms with Gasteiger partial charge in [0.1, 0.15) is 11.3 Å². The fourth-order valence-corrected chi connectivity index (χ4v) is 2.42. The lowest BCUT2D eigenvalue weighted by molar-refractivity contribution is -0.136. The molecular weight excluding hydrogens is 331 g/mol. The summed E-state index contributed by atoms with van der Waals surface area (Å²) in [6.07, 6.45) is -3.13. The first-order chi connectivity index (χ1) is 10.7. The van der Waals surface area contributed by atoms with Crippen LogP contribution in [0.15, 0.2) is 23.1 Å². The summed E-state index contributed by atoms with van der Waals surface area (Å²) < 4.78 is 42.8. The van der Waals surface area contributed by atoms with Crippen molar-refractivity contribution in [2.24, 2.45) is 14.1 Å². The van der Waals surface area contributed by atoms with Crippen molar-refractivity contribution in [1.82, 2.24) is 24.3 Å². The van der Waals surface area contributed by atoms with E-state index in [-0.39, 0.29) is 21.8 Å². The van der Waals surface area contributed by atoms with Crippen molar-refractivity contribution in [1.29, 1.82) is 0 Å². The Morgan fingerprint density at radius 2 is 1.96 bits per heavy atom. The molecule has 120 valence electrons. The number of aromatic amines is 1. The standard InChI is InChI=1S/C13H10F3N5OS/c1-20-4-3-7(19-20)8-5-6(13(14,15)16)9-10(17-8)21(2)12(23)18-11(9)22/h3-5H,1-2H3,(H,18,22,23). The summed E-state index contributed by atoms with van der Waals surface area (Å²) in [6, 6.07) is 2.36. The second-order valence-electron chi connectivity index (χ2n) is 4.94. The number of hydrogen-bond acceptors (Lipinski definition) is 4. The highest BCUT2D eigenvalue weighted by atomic mass is 32.1. The SMILES string of the molecule is Cn1ccc(-c2cc(C(F)(F)F)c3c(=O)[nH]c(=S)n(C)c3n2)n1. The lowest BCUT2D eigenvalue weighted by Gasteiger charge is -2.13. The van der Waals surface area contributed by atoms with Crippen LogP contribution in [0.25, 0.3) is 22.4 Å². The van der Waals surface area contributed by atoms with E-state index < -0.39 is 22.7 Å². The Labute approximate surface area is 132 Å². The predicted octanol–water partition coefficient (Wildman–Crippen LogP) is 2.41. The number of alkyl halides is 3. The van der Waals surface area contributed by atoms with E-state index in [0.717, 1.165) is 6.07 Å². The fourth-order valence-electron chi connectivity index (χ4n) is 2.24. The normalized spacial score (nSPS) is 12.0. The second kappa shape index (κ2) is 5.01. The van der Waals surface area contributed by atoms with E-state index in [0.29, 0.717) is 0 Å². The molecular formula is C13H10F3N5OS. The molecule has 3 heterocycles. The summed E-state index contributed by atoms with van der Waals surface area (Å²) in [5.74, 6) is 0. The van der Waals surface area contributed by atoms with Crippen molar-refractivity contribution >= 4 is 23.3 Å². The Kier molecular flexibility index (Phi) is 3.36. The molecule has 10 heteroatoms. The van der Waals surface area contributed by atoms with Crippen molar-refractivity contribution in [2.45, 2.75) is 6.18 Å². The lowest BCUT2D eigenvalue weighted by Crippen LogP contribution is -2.19. The Hall–Kier alpha value is -2.49. The highest BCUT2D eigenvalue weighted by molar-refractivity contribution is 7.71. The van der Waals surface area contributed by atoms with Crippen molar-refractivity contribution < 1.29 is 13.2 Å². The molecule has 3 aromatic rings. The maximum atomic E-state index is 13.4. The molecule has 0 saturated carbocycles. The first-order valence-electron chi connectivity index (χ1n) is 6.40. The first-order valence-corrected chi connectivity index (χ1v) is 6.80. The van der Waals surface area contributed by atoms with Gasteiger partial charge in [-0.2, -0.15) is 18.3 Å². The number of pyridine rings is 1. The maximum Gasteiger partial charge on any atom is 0.417 e. The van der Waals surface area contributed by atoms with Gasteiger partial charge in [-0.05, 0) is 24.4 Å². The molecule has 0 aliphatic carbocycles. The van der Waals surface area contributed by atoms with Crippen LogP contribution in [-0.4, -0.2) is 24.3 Å². The Bertz CT molecular complexity index is 1030. The number of fused-ring (bicyclic) bond motifs is 1. The van der Waals surface area contributed by atoms with Gasteiger partial charge in [0.05, 0.1) is 16.6 Å². The molecule has 3 aromatic heterocycles. The van der Waals surface area contributed by atoms with Crippen LogP contribution < -0.4 is 5.56 Å². The molecule has 0 fully saturated rings. The van der Waals surface area contributed by atoms with Gasteiger partial charge < -0.3 is 4.57 Å². The van der Waals surface area contributed by atoms with Crippen LogP contribution in [0, 0.1) is 4.77 Å². The van der Waals surface area contributed by atoms with Crippen LogP contribution in [0.4, 0.5) is 13.2 Å². The van der Waals surface area contributed by atoms with Gasteiger partial charge in [0, 0.05) is 20.3 Å². The molecule has 0 aliphatic heterocycles. The van der Waals surface area contributed by atoms with Crippen LogP contribution in [0.5, 0.6) is 0 Å². The molecule has 0 radical (unpaired) electrons. The van der Waals surface area contributed by atoms with E-state index in [1.165, 1.54) is 22.4 Å². The van der Waals surface area contributed by atoms with Gasteiger partial charge in [0.15, 0.2) is 4.77 Å². The minimum absolute atomic E-state index is 0.0127. The third-order valence-corrected chi connectivity index (χ3v) is 3.73. The predicted molar refractivity (Wildman–Crippen MR) is 79.4 cm³/mol. The van der Waals surface area contributed by atoms with Crippen molar-refractivity contribution in [2.75, 3.05) is 0 Å². The minimum Gasteiger partial charge on any atom is -0.306 e. The molecule has 0 aromatic carbocycles. The van der Waals surface area contributed by atoms with Crippen LogP contribution >= 0.6 is 12.2 Å². The molecule has 3 rings (SSSR count). The average Bonchev–Trinajstić information content (AvgIpc) is 2.89. The van der Waals surface area contributed by atoms with Gasteiger partial charge in [-0.3, -0.25) is 14.5 Å². The molecule has 0 unspecified atom stereocenters. The number of H-pyrrole nitrogens is 1. The Balaban J connectivity index is 2.50. The summed E-state index contributed by atoms with van der Waals surface area (Å²) in [4.78, 5) is 18.4. The molecule has 0 bridgehead atoms. The van der Waals surface area contributed by atoms with Crippen molar-refractivity contribution in [3.63, 3.8) is 0 Å². The number of nitrogens with zero attached hydrogens (tertiary/aromatic N) is 4. The smallest absolute Gasteiger partial charge is 0.306 e.